The summed E-state index contributed by atoms with van der Waals surface area (Å²) in [4.78, 5) is 23.7. The monoisotopic (exact) mass is 576 g/mol. The molecule has 6 aliphatic rings. The molecular weight excluding hydrogens is 528 g/mol. The van der Waals surface area contributed by atoms with E-state index in [2.05, 4.69) is 13.8 Å². The van der Waals surface area contributed by atoms with Crippen molar-refractivity contribution < 1.29 is 43.5 Å². The van der Waals surface area contributed by atoms with Gasteiger partial charge < -0.3 is 33.9 Å². The summed E-state index contributed by atoms with van der Waals surface area (Å²) in [6.07, 6.45) is 6.35. The number of hydrogen-bond donors (Lipinski definition) is 2. The number of carbonyl (C=O) groups is 2. The molecular formula is C32H48O9. The fourth-order valence-electron chi connectivity index (χ4n) is 10.4. The van der Waals surface area contributed by atoms with Gasteiger partial charge >= 0.3 is 11.9 Å². The van der Waals surface area contributed by atoms with Crippen LogP contribution in [-0.4, -0.2) is 78.3 Å². The maximum atomic E-state index is 12.5. The second kappa shape index (κ2) is 10.6. The summed E-state index contributed by atoms with van der Waals surface area (Å²) in [6, 6.07) is 0. The van der Waals surface area contributed by atoms with Crippen LogP contribution in [0.25, 0.3) is 0 Å². The lowest BCUT2D eigenvalue weighted by molar-refractivity contribution is -0.315. The molecule has 1 saturated heterocycles. The number of rotatable bonds is 5. The summed E-state index contributed by atoms with van der Waals surface area (Å²) in [5.74, 6) is 0.650. The topological polar surface area (TPSA) is 121 Å². The average molecular weight is 577 g/mol. The number of ether oxygens (including phenoxy) is 5. The molecule has 0 spiro atoms. The second-order valence-electron chi connectivity index (χ2n) is 14.3. The third-order valence-electron chi connectivity index (χ3n) is 12.6. The smallest absolute Gasteiger partial charge is 0.331 e. The minimum Gasteiger partial charge on any atom is -0.458 e. The van der Waals surface area contributed by atoms with Crippen LogP contribution in [0.2, 0.25) is 0 Å². The molecule has 0 amide bonds. The van der Waals surface area contributed by atoms with E-state index in [1.54, 1.807) is 13.0 Å². The van der Waals surface area contributed by atoms with Crippen molar-refractivity contribution >= 4 is 11.9 Å². The first kappa shape index (κ1) is 29.5. The zero-order chi connectivity index (χ0) is 29.3. The Bertz CT molecular complexity index is 1080. The van der Waals surface area contributed by atoms with Crippen LogP contribution in [0.4, 0.5) is 0 Å². The van der Waals surface area contributed by atoms with E-state index in [4.69, 9.17) is 23.7 Å². The van der Waals surface area contributed by atoms with Gasteiger partial charge in [-0.15, -0.1) is 0 Å². The summed E-state index contributed by atoms with van der Waals surface area (Å²) in [7, 11) is 1.50. The number of cyclic esters (lactones) is 1. The number of aliphatic hydroxyl groups excluding tert-OH is 1. The maximum Gasteiger partial charge on any atom is 0.331 e. The molecule has 230 valence electrons. The van der Waals surface area contributed by atoms with E-state index < -0.39 is 42.3 Å². The van der Waals surface area contributed by atoms with E-state index in [9.17, 15) is 19.8 Å². The minimum absolute atomic E-state index is 0.0488. The lowest BCUT2D eigenvalue weighted by Crippen LogP contribution is -2.63. The van der Waals surface area contributed by atoms with Crippen molar-refractivity contribution in [2.45, 2.75) is 128 Å². The summed E-state index contributed by atoms with van der Waals surface area (Å²) < 4.78 is 28.9. The predicted molar refractivity (Wildman–Crippen MR) is 147 cm³/mol. The molecule has 13 atom stereocenters. The van der Waals surface area contributed by atoms with Gasteiger partial charge in [0.1, 0.15) is 18.8 Å². The van der Waals surface area contributed by atoms with Crippen LogP contribution in [0.3, 0.4) is 0 Å². The Balaban J connectivity index is 1.16. The number of methoxy groups -OCH3 is 1. The molecule has 6 rings (SSSR count). The van der Waals surface area contributed by atoms with Crippen LogP contribution in [0.1, 0.15) is 85.5 Å². The Hall–Kier alpha value is -1.52. The highest BCUT2D eigenvalue weighted by molar-refractivity contribution is 5.85. The molecule has 0 aromatic heterocycles. The predicted octanol–water partition coefficient (Wildman–Crippen LogP) is 3.68. The normalized spacial score (nSPS) is 51.2. The van der Waals surface area contributed by atoms with Gasteiger partial charge in [0.05, 0.1) is 17.8 Å². The fourth-order valence-corrected chi connectivity index (χ4v) is 10.4. The van der Waals surface area contributed by atoms with Crippen molar-refractivity contribution in [1.82, 2.24) is 0 Å². The summed E-state index contributed by atoms with van der Waals surface area (Å²) >= 11 is 0. The van der Waals surface area contributed by atoms with E-state index >= 15 is 0 Å². The van der Waals surface area contributed by atoms with Crippen LogP contribution in [0.15, 0.2) is 11.6 Å². The fraction of sp³-hybridized carbons (Fsp3) is 0.875. The van der Waals surface area contributed by atoms with Crippen molar-refractivity contribution in [1.29, 1.82) is 0 Å². The second-order valence-corrected chi connectivity index (χ2v) is 14.3. The zero-order valence-electron chi connectivity index (χ0n) is 25.2. The molecule has 0 aromatic rings. The Morgan fingerprint density at radius 1 is 1.05 bits per heavy atom. The highest BCUT2D eigenvalue weighted by Gasteiger charge is 2.67. The van der Waals surface area contributed by atoms with Crippen LogP contribution >= 0.6 is 0 Å². The molecule has 2 unspecified atom stereocenters. The molecule has 4 aliphatic carbocycles. The van der Waals surface area contributed by atoms with Crippen molar-refractivity contribution in [3.8, 4) is 0 Å². The number of fused-ring (bicyclic) bond motifs is 5. The molecule has 0 radical (unpaired) electrons. The van der Waals surface area contributed by atoms with Gasteiger partial charge in [0.25, 0.3) is 0 Å². The number of carbonyl (C=O) groups excluding carboxylic acids is 2. The lowest BCUT2D eigenvalue weighted by atomic mass is 9.43. The van der Waals surface area contributed by atoms with Gasteiger partial charge in [-0.3, -0.25) is 4.79 Å². The third kappa shape index (κ3) is 4.60. The van der Waals surface area contributed by atoms with Crippen molar-refractivity contribution in [2.24, 2.45) is 34.5 Å². The summed E-state index contributed by atoms with van der Waals surface area (Å²) in [6.45, 7) is 8.19. The number of hydrogen-bond acceptors (Lipinski definition) is 9. The molecule has 2 aliphatic heterocycles. The largest absolute Gasteiger partial charge is 0.458 e. The average Bonchev–Trinajstić information content (AvgIpc) is 3.46. The van der Waals surface area contributed by atoms with E-state index in [-0.39, 0.29) is 34.7 Å². The lowest BCUT2D eigenvalue weighted by Gasteiger charge is -2.64. The molecule has 4 saturated carbocycles. The maximum absolute atomic E-state index is 12.5. The van der Waals surface area contributed by atoms with Crippen LogP contribution < -0.4 is 0 Å². The standard InChI is InChI=1S/C32H48O9/c1-17-26(35)27(37-5)28(40-18(2)33)29(39-17)41-21-8-11-30(3)20(15-21)6-7-24-23(30)9-12-31(4)22(10-13-32(24,31)36)19-14-25(34)38-16-19/h14,17,20-24,26-29,35-36H,6-13,15-16H2,1-5H3/t17-,20+,21-,22-,23?,24?,26-,27+,28-,29-,30-,31+,32-/m0/s1. The van der Waals surface area contributed by atoms with Crippen molar-refractivity contribution in [3.05, 3.63) is 11.6 Å². The van der Waals surface area contributed by atoms with Crippen LogP contribution in [-0.2, 0) is 33.3 Å². The molecule has 5 fully saturated rings. The SMILES string of the molecule is CO[C@@H]1[C@@H](O)[C@H](C)O[C@@H](O[C@H]2CC[C@]3(C)C4CC[C@]5(C)[C@H](C6=CC(=O)OC6)CC[C@]5(O)C4CC[C@@H]3C2)[C@H]1OC(C)=O. The Kier molecular flexibility index (Phi) is 7.62. The van der Waals surface area contributed by atoms with Gasteiger partial charge in [-0.05, 0) is 99.4 Å². The minimum atomic E-state index is -0.926. The first-order chi connectivity index (χ1) is 19.4. The van der Waals surface area contributed by atoms with Gasteiger partial charge in [-0.2, -0.15) is 0 Å². The molecule has 2 N–H and O–H groups in total. The van der Waals surface area contributed by atoms with E-state index in [0.717, 1.165) is 63.4 Å². The summed E-state index contributed by atoms with van der Waals surface area (Å²) in [5.41, 5.74) is 0.221. The van der Waals surface area contributed by atoms with Gasteiger partial charge in [0, 0.05) is 25.5 Å². The quantitative estimate of drug-likeness (QED) is 0.373. The third-order valence-corrected chi connectivity index (χ3v) is 12.6. The summed E-state index contributed by atoms with van der Waals surface area (Å²) in [5, 5.41) is 23.1. The number of aliphatic hydroxyl groups is 2. The molecule has 9 nitrogen and oxygen atoms in total. The number of esters is 2. The van der Waals surface area contributed by atoms with Crippen LogP contribution in [0.5, 0.6) is 0 Å². The van der Waals surface area contributed by atoms with Gasteiger partial charge in [0.15, 0.2) is 12.4 Å². The first-order valence-corrected chi connectivity index (χ1v) is 15.7. The molecule has 9 heteroatoms. The Morgan fingerprint density at radius 2 is 1.83 bits per heavy atom. The van der Waals surface area contributed by atoms with Gasteiger partial charge in [-0.1, -0.05) is 13.8 Å². The van der Waals surface area contributed by atoms with Crippen molar-refractivity contribution in [3.63, 3.8) is 0 Å². The van der Waals surface area contributed by atoms with E-state index in [1.807, 2.05) is 0 Å². The first-order valence-electron chi connectivity index (χ1n) is 15.7. The molecule has 41 heavy (non-hydrogen) atoms. The van der Waals surface area contributed by atoms with Crippen LogP contribution in [0, 0.1) is 34.5 Å². The highest BCUT2D eigenvalue weighted by Crippen LogP contribution is 2.70. The van der Waals surface area contributed by atoms with Gasteiger partial charge in [0.2, 0.25) is 0 Å². The highest BCUT2D eigenvalue weighted by atomic mass is 16.7. The van der Waals surface area contributed by atoms with E-state index in [0.29, 0.717) is 18.4 Å². The zero-order valence-corrected chi connectivity index (χ0v) is 25.2. The Labute approximate surface area is 243 Å². The molecule has 2 heterocycles. The van der Waals surface area contributed by atoms with E-state index in [1.165, 1.54) is 14.0 Å². The Morgan fingerprint density at radius 3 is 2.51 bits per heavy atom. The molecule has 0 aromatic carbocycles. The molecule has 0 bridgehead atoms. The van der Waals surface area contributed by atoms with Gasteiger partial charge in [-0.25, -0.2) is 4.79 Å². The van der Waals surface area contributed by atoms with Crippen molar-refractivity contribution in [2.75, 3.05) is 13.7 Å².